The first-order chi connectivity index (χ1) is 11.8. The maximum Gasteiger partial charge on any atom is 0.483 e. The number of aromatic amines is 1. The van der Waals surface area contributed by atoms with Crippen molar-refractivity contribution in [3.05, 3.63) is 33.1 Å². The Balaban J connectivity index is 2.18. The van der Waals surface area contributed by atoms with Crippen molar-refractivity contribution in [2.75, 3.05) is 0 Å². The van der Waals surface area contributed by atoms with Gasteiger partial charge >= 0.3 is 21.3 Å². The first-order valence-electron chi connectivity index (χ1n) is 6.60. The summed E-state index contributed by atoms with van der Waals surface area (Å²) in [5.74, 6) is 0. The van der Waals surface area contributed by atoms with Crippen LogP contribution in [0.15, 0.2) is 21.9 Å². The smallest absolute Gasteiger partial charge is 0.387 e. The second-order valence-corrected chi connectivity index (χ2v) is 7.81. The molecule has 1 aromatic rings. The summed E-state index contributed by atoms with van der Waals surface area (Å²) in [6.45, 7) is 0. The van der Waals surface area contributed by atoms with E-state index in [1.54, 1.807) is 0 Å². The molecule has 1 fully saturated rings. The molecule has 4 unspecified atom stereocenters. The fourth-order valence-electron chi connectivity index (χ4n) is 2.13. The number of phosphoric ester groups is 1. The van der Waals surface area contributed by atoms with Crippen molar-refractivity contribution in [2.24, 2.45) is 0 Å². The number of nitrogens with one attached hydrogen (secondary N) is 1. The molecule has 6 atom stereocenters. The molecule has 2 rings (SSSR count). The average molecular weight is 420 g/mol. The molecule has 2 heterocycles. The average Bonchev–Trinajstić information content (AvgIpc) is 2.72. The van der Waals surface area contributed by atoms with Crippen LogP contribution in [0.3, 0.4) is 0 Å². The number of rotatable bonds is 6. The van der Waals surface area contributed by atoms with Crippen LogP contribution >= 0.6 is 15.6 Å². The zero-order chi connectivity index (χ0) is 19.9. The number of aliphatic hydroxyl groups is 3. The van der Waals surface area contributed by atoms with Crippen molar-refractivity contribution in [1.29, 1.82) is 0 Å². The molecule has 26 heavy (non-hydrogen) atoms. The van der Waals surface area contributed by atoms with E-state index in [4.69, 9.17) is 19.4 Å². The van der Waals surface area contributed by atoms with Crippen LogP contribution in [-0.4, -0.2) is 64.2 Å². The third-order valence-corrected chi connectivity index (χ3v) is 5.29. The predicted octanol–water partition coefficient (Wildman–Crippen LogP) is -3.30. The molecular formula is C9H14N2O13P2. The Labute approximate surface area is 142 Å². The summed E-state index contributed by atoms with van der Waals surface area (Å²) in [5, 5.41) is 29.5. The third-order valence-electron chi connectivity index (χ3n) is 3.13. The van der Waals surface area contributed by atoms with Crippen molar-refractivity contribution in [2.45, 2.75) is 30.8 Å². The molecule has 0 aliphatic carbocycles. The lowest BCUT2D eigenvalue weighted by Gasteiger charge is -2.22. The number of H-pyrrole nitrogens is 1. The summed E-state index contributed by atoms with van der Waals surface area (Å²) in [6.07, 6.45) is -8.92. The normalized spacial score (nSPS) is 30.1. The Bertz CT molecular complexity index is 860. The number of nitrogens with zero attached hydrogens (tertiary/aromatic N) is 1. The maximum atomic E-state index is 11.7. The lowest BCUT2D eigenvalue weighted by atomic mass is 10.1. The Morgan fingerprint density at radius 1 is 1.19 bits per heavy atom. The number of aromatic nitrogens is 2. The topological polar surface area (TPSA) is 238 Å². The van der Waals surface area contributed by atoms with E-state index in [1.807, 2.05) is 4.98 Å². The van der Waals surface area contributed by atoms with E-state index in [0.29, 0.717) is 4.57 Å². The Kier molecular flexibility index (Phi) is 6.02. The van der Waals surface area contributed by atoms with E-state index in [1.165, 1.54) is 0 Å². The predicted molar refractivity (Wildman–Crippen MR) is 77.3 cm³/mol. The van der Waals surface area contributed by atoms with E-state index in [2.05, 4.69) is 8.83 Å². The molecule has 1 aliphatic rings. The largest absolute Gasteiger partial charge is 0.483 e. The molecule has 17 heteroatoms. The van der Waals surface area contributed by atoms with E-state index < -0.39 is 57.7 Å². The number of phosphoric acid groups is 2. The molecule has 0 bridgehead atoms. The van der Waals surface area contributed by atoms with Gasteiger partial charge in [0, 0.05) is 12.3 Å². The van der Waals surface area contributed by atoms with Crippen molar-refractivity contribution in [1.82, 2.24) is 9.55 Å². The second kappa shape index (κ2) is 7.42. The van der Waals surface area contributed by atoms with Crippen molar-refractivity contribution in [3.8, 4) is 0 Å². The standard InChI is InChI=1S/C9H14N2O13P2/c12-3-1-2-11(9(16)10-3)7-5(14)4(13)6(22-7)8(15)23-26(20,21)24-25(17,18)19/h1-2,4-8,13-15H,(H,20,21)(H,10,12,16)(H2,17,18,19)/t4?,5?,6-,7+,8?/m1/s1. The van der Waals surface area contributed by atoms with Crippen molar-refractivity contribution < 1.29 is 52.7 Å². The van der Waals surface area contributed by atoms with Crippen LogP contribution in [-0.2, 0) is 22.7 Å². The van der Waals surface area contributed by atoms with Gasteiger partial charge in [-0.05, 0) is 0 Å². The quantitative estimate of drug-likeness (QED) is 0.176. The lowest BCUT2D eigenvalue weighted by molar-refractivity contribution is -0.161. The number of hydrogen-bond acceptors (Lipinski definition) is 10. The lowest BCUT2D eigenvalue weighted by Crippen LogP contribution is -2.40. The van der Waals surface area contributed by atoms with Gasteiger partial charge in [-0.2, -0.15) is 4.31 Å². The van der Waals surface area contributed by atoms with Gasteiger partial charge in [0.15, 0.2) is 12.5 Å². The van der Waals surface area contributed by atoms with Gasteiger partial charge in [-0.3, -0.25) is 18.9 Å². The highest BCUT2D eigenvalue weighted by Crippen LogP contribution is 2.58. The van der Waals surface area contributed by atoms with Gasteiger partial charge < -0.3 is 34.7 Å². The van der Waals surface area contributed by atoms with Crippen LogP contribution in [0.25, 0.3) is 0 Å². The molecule has 148 valence electrons. The highest BCUT2D eigenvalue weighted by Gasteiger charge is 2.50. The van der Waals surface area contributed by atoms with Crippen LogP contribution in [0.4, 0.5) is 0 Å². The first-order valence-corrected chi connectivity index (χ1v) is 9.62. The van der Waals surface area contributed by atoms with E-state index in [9.17, 15) is 34.0 Å². The van der Waals surface area contributed by atoms with Crippen molar-refractivity contribution >= 4 is 15.6 Å². The molecule has 0 radical (unpaired) electrons. The molecule has 0 saturated carbocycles. The number of hydrogen-bond donors (Lipinski definition) is 7. The third kappa shape index (κ3) is 4.94. The summed E-state index contributed by atoms with van der Waals surface area (Å²) in [6, 6.07) is 0.903. The van der Waals surface area contributed by atoms with Crippen LogP contribution in [0, 0.1) is 0 Å². The van der Waals surface area contributed by atoms with Crippen molar-refractivity contribution in [3.63, 3.8) is 0 Å². The van der Waals surface area contributed by atoms with Gasteiger partial charge in [0.1, 0.15) is 18.3 Å². The van der Waals surface area contributed by atoms with Gasteiger partial charge in [0.2, 0.25) is 0 Å². The molecule has 7 N–H and O–H groups in total. The molecule has 0 amide bonds. The van der Waals surface area contributed by atoms with Crippen LogP contribution in [0.5, 0.6) is 0 Å². The van der Waals surface area contributed by atoms with Gasteiger partial charge in [0.25, 0.3) is 5.56 Å². The minimum absolute atomic E-state index is 0.659. The molecule has 0 aromatic carbocycles. The van der Waals surface area contributed by atoms with Crippen LogP contribution in [0.2, 0.25) is 0 Å². The first kappa shape index (κ1) is 21.1. The summed E-state index contributed by atoms with van der Waals surface area (Å²) in [7, 11) is -10.9. The minimum Gasteiger partial charge on any atom is -0.387 e. The Morgan fingerprint density at radius 3 is 2.35 bits per heavy atom. The van der Waals surface area contributed by atoms with E-state index in [0.717, 1.165) is 12.3 Å². The fourth-order valence-corrected chi connectivity index (χ4v) is 3.75. The number of ether oxygens (including phenoxy) is 1. The van der Waals surface area contributed by atoms with Crippen LogP contribution in [0.1, 0.15) is 6.23 Å². The molecule has 0 spiro atoms. The fraction of sp³-hybridized carbons (Fsp3) is 0.556. The highest BCUT2D eigenvalue weighted by molar-refractivity contribution is 7.60. The Morgan fingerprint density at radius 2 is 1.81 bits per heavy atom. The van der Waals surface area contributed by atoms with E-state index >= 15 is 0 Å². The van der Waals surface area contributed by atoms with Crippen LogP contribution < -0.4 is 11.2 Å². The monoisotopic (exact) mass is 420 g/mol. The highest BCUT2D eigenvalue weighted by atomic mass is 31.3. The zero-order valence-electron chi connectivity index (χ0n) is 12.4. The van der Waals surface area contributed by atoms with Gasteiger partial charge in [-0.1, -0.05) is 0 Å². The Hall–Kier alpha value is -1.22. The molecule has 15 nitrogen and oxygen atoms in total. The second-order valence-electron chi connectivity index (χ2n) is 5.03. The summed E-state index contributed by atoms with van der Waals surface area (Å²) >= 11 is 0. The van der Waals surface area contributed by atoms with Gasteiger partial charge in [0.05, 0.1) is 0 Å². The summed E-state index contributed by atoms with van der Waals surface area (Å²) in [4.78, 5) is 50.7. The van der Waals surface area contributed by atoms with Gasteiger partial charge in [-0.15, -0.1) is 0 Å². The summed E-state index contributed by atoms with van der Waals surface area (Å²) in [5.41, 5.74) is -1.78. The molecule has 1 saturated heterocycles. The SMILES string of the molecule is O=c1ccn([C@H]2O[C@@H](C(O)OP(=O)(O)OP(=O)(O)O)C(O)C2O)c(=O)[nH]1. The molecule has 1 aromatic heterocycles. The molecular weight excluding hydrogens is 406 g/mol. The number of aliphatic hydroxyl groups excluding tert-OH is 3. The zero-order valence-corrected chi connectivity index (χ0v) is 14.2. The van der Waals surface area contributed by atoms with E-state index in [-0.39, 0.29) is 0 Å². The summed E-state index contributed by atoms with van der Waals surface area (Å²) < 4.78 is 35.1. The van der Waals surface area contributed by atoms with Gasteiger partial charge in [-0.25, -0.2) is 13.9 Å². The minimum atomic E-state index is -5.48. The molecule has 1 aliphatic heterocycles. The maximum absolute atomic E-state index is 11.7.